The van der Waals surface area contributed by atoms with E-state index in [9.17, 15) is 9.59 Å². The van der Waals surface area contributed by atoms with E-state index in [1.165, 1.54) is 11.8 Å². The first-order valence-corrected chi connectivity index (χ1v) is 8.86. The van der Waals surface area contributed by atoms with E-state index >= 15 is 0 Å². The molecular weight excluding hydrogens is 336 g/mol. The second-order valence-corrected chi connectivity index (χ2v) is 7.36. The number of ether oxygens (including phenoxy) is 1. The molecule has 0 unspecified atom stereocenters. The summed E-state index contributed by atoms with van der Waals surface area (Å²) in [6.07, 6.45) is 0. The number of nitrogens with one attached hydrogen (secondary N) is 1. The standard InChI is InChI=1S/C19H20N2O3S/c1-12-18(22)20-16-10-14(7-8-17(16)25-12)19(23)21(2)11-13-5-4-6-15(9-13)24-3/h4-10,12H,11H2,1-3H3,(H,20,22)/t12-/m1/s1. The van der Waals surface area contributed by atoms with Crippen LogP contribution in [0.1, 0.15) is 22.8 Å². The highest BCUT2D eigenvalue weighted by molar-refractivity contribution is 8.00. The summed E-state index contributed by atoms with van der Waals surface area (Å²) in [7, 11) is 3.38. The van der Waals surface area contributed by atoms with Crippen LogP contribution in [-0.2, 0) is 11.3 Å². The van der Waals surface area contributed by atoms with Crippen molar-refractivity contribution in [1.29, 1.82) is 0 Å². The summed E-state index contributed by atoms with van der Waals surface area (Å²) in [5, 5.41) is 2.74. The van der Waals surface area contributed by atoms with Gasteiger partial charge in [-0.2, -0.15) is 0 Å². The lowest BCUT2D eigenvalue weighted by atomic mass is 10.1. The maximum absolute atomic E-state index is 12.7. The van der Waals surface area contributed by atoms with Crippen LogP contribution in [0.5, 0.6) is 5.75 Å². The molecule has 1 aliphatic rings. The number of rotatable bonds is 4. The third-order valence-corrected chi connectivity index (χ3v) is 5.24. The third kappa shape index (κ3) is 3.79. The lowest BCUT2D eigenvalue weighted by Crippen LogP contribution is -2.28. The monoisotopic (exact) mass is 356 g/mol. The van der Waals surface area contributed by atoms with Crippen LogP contribution in [0.15, 0.2) is 47.4 Å². The van der Waals surface area contributed by atoms with E-state index in [0.29, 0.717) is 17.8 Å². The van der Waals surface area contributed by atoms with Gasteiger partial charge in [0, 0.05) is 24.1 Å². The number of benzene rings is 2. The molecule has 130 valence electrons. The molecule has 0 fully saturated rings. The average molecular weight is 356 g/mol. The molecule has 2 aromatic rings. The minimum Gasteiger partial charge on any atom is -0.497 e. The van der Waals surface area contributed by atoms with Crippen molar-refractivity contribution < 1.29 is 14.3 Å². The number of anilines is 1. The fourth-order valence-corrected chi connectivity index (χ4v) is 3.61. The molecule has 25 heavy (non-hydrogen) atoms. The van der Waals surface area contributed by atoms with Gasteiger partial charge in [-0.15, -0.1) is 11.8 Å². The van der Waals surface area contributed by atoms with Crippen LogP contribution in [-0.4, -0.2) is 36.1 Å². The van der Waals surface area contributed by atoms with Crippen molar-refractivity contribution in [1.82, 2.24) is 4.90 Å². The van der Waals surface area contributed by atoms with Crippen LogP contribution >= 0.6 is 11.8 Å². The van der Waals surface area contributed by atoms with Gasteiger partial charge in [0.25, 0.3) is 5.91 Å². The zero-order chi connectivity index (χ0) is 18.0. The highest BCUT2D eigenvalue weighted by atomic mass is 32.2. The Morgan fingerprint density at radius 3 is 2.84 bits per heavy atom. The van der Waals surface area contributed by atoms with Crippen LogP contribution in [0.4, 0.5) is 5.69 Å². The molecule has 2 aromatic carbocycles. The maximum atomic E-state index is 12.7. The number of methoxy groups -OCH3 is 1. The van der Waals surface area contributed by atoms with E-state index in [4.69, 9.17) is 4.74 Å². The normalized spacial score (nSPS) is 16.0. The number of carbonyl (C=O) groups is 2. The Morgan fingerprint density at radius 2 is 2.08 bits per heavy atom. The molecule has 1 heterocycles. The van der Waals surface area contributed by atoms with E-state index in [0.717, 1.165) is 16.2 Å². The molecule has 0 saturated heterocycles. The number of amides is 2. The number of nitrogens with zero attached hydrogens (tertiary/aromatic N) is 1. The summed E-state index contributed by atoms with van der Waals surface area (Å²) < 4.78 is 5.22. The van der Waals surface area contributed by atoms with E-state index in [2.05, 4.69) is 5.32 Å². The Morgan fingerprint density at radius 1 is 1.28 bits per heavy atom. The molecule has 0 spiro atoms. The first kappa shape index (κ1) is 17.4. The largest absolute Gasteiger partial charge is 0.497 e. The first-order chi connectivity index (χ1) is 12.0. The summed E-state index contributed by atoms with van der Waals surface area (Å²) in [5.41, 5.74) is 2.25. The van der Waals surface area contributed by atoms with Crippen molar-refractivity contribution in [2.24, 2.45) is 0 Å². The van der Waals surface area contributed by atoms with Gasteiger partial charge in [0.1, 0.15) is 5.75 Å². The van der Waals surface area contributed by atoms with E-state index in [-0.39, 0.29) is 17.1 Å². The van der Waals surface area contributed by atoms with Gasteiger partial charge in [-0.25, -0.2) is 0 Å². The van der Waals surface area contributed by atoms with Crippen LogP contribution in [0, 0.1) is 0 Å². The Bertz CT molecular complexity index is 822. The molecule has 0 radical (unpaired) electrons. The molecule has 1 N–H and O–H groups in total. The van der Waals surface area contributed by atoms with Gasteiger partial charge in [0.2, 0.25) is 5.91 Å². The Kier molecular flexibility index (Phi) is 4.99. The van der Waals surface area contributed by atoms with Crippen molar-refractivity contribution in [3.05, 3.63) is 53.6 Å². The smallest absolute Gasteiger partial charge is 0.253 e. The topological polar surface area (TPSA) is 58.6 Å². The second-order valence-electron chi connectivity index (χ2n) is 5.97. The van der Waals surface area contributed by atoms with Gasteiger partial charge in [-0.05, 0) is 42.8 Å². The molecule has 5 nitrogen and oxygen atoms in total. The van der Waals surface area contributed by atoms with Crippen molar-refractivity contribution >= 4 is 29.3 Å². The highest BCUT2D eigenvalue weighted by Crippen LogP contribution is 2.36. The number of hydrogen-bond acceptors (Lipinski definition) is 4. The van der Waals surface area contributed by atoms with Crippen LogP contribution < -0.4 is 10.1 Å². The number of hydrogen-bond donors (Lipinski definition) is 1. The third-order valence-electron chi connectivity index (χ3n) is 4.06. The zero-order valence-electron chi connectivity index (χ0n) is 14.4. The lowest BCUT2D eigenvalue weighted by Gasteiger charge is -2.23. The Labute approximate surface area is 151 Å². The Hall–Kier alpha value is -2.47. The molecule has 1 aliphatic heterocycles. The lowest BCUT2D eigenvalue weighted by molar-refractivity contribution is -0.115. The van der Waals surface area contributed by atoms with Crippen LogP contribution in [0.25, 0.3) is 0 Å². The summed E-state index contributed by atoms with van der Waals surface area (Å²) in [4.78, 5) is 27.2. The summed E-state index contributed by atoms with van der Waals surface area (Å²) >= 11 is 1.50. The molecule has 2 amide bonds. The predicted octanol–water partition coefficient (Wildman–Crippen LogP) is 3.40. The maximum Gasteiger partial charge on any atom is 0.253 e. The minimum atomic E-state index is -0.121. The minimum absolute atomic E-state index is 0.0353. The first-order valence-electron chi connectivity index (χ1n) is 7.98. The van der Waals surface area contributed by atoms with Crippen molar-refractivity contribution in [3.63, 3.8) is 0 Å². The van der Waals surface area contributed by atoms with Gasteiger partial charge in [0.15, 0.2) is 0 Å². The summed E-state index contributed by atoms with van der Waals surface area (Å²) in [5.74, 6) is 0.635. The number of carbonyl (C=O) groups excluding carboxylic acids is 2. The SMILES string of the molecule is COc1cccc(CN(C)C(=O)c2ccc3c(c2)NC(=O)[C@@H](C)S3)c1. The number of thioether (sulfide) groups is 1. The quantitative estimate of drug-likeness (QED) is 0.912. The molecular formula is C19H20N2O3S. The van der Waals surface area contributed by atoms with Crippen molar-refractivity contribution in [3.8, 4) is 5.75 Å². The Balaban J connectivity index is 1.76. The zero-order valence-corrected chi connectivity index (χ0v) is 15.2. The summed E-state index contributed by atoms with van der Waals surface area (Å²) in [6.45, 7) is 2.34. The molecule has 0 bridgehead atoms. The molecule has 0 saturated carbocycles. The molecule has 1 atom stereocenters. The second kappa shape index (κ2) is 7.19. The van der Waals surface area contributed by atoms with E-state index < -0.39 is 0 Å². The van der Waals surface area contributed by atoms with E-state index in [1.807, 2.05) is 37.3 Å². The summed E-state index contributed by atoms with van der Waals surface area (Å²) in [6, 6.07) is 13.1. The fraction of sp³-hybridized carbons (Fsp3) is 0.263. The van der Waals surface area contributed by atoms with Gasteiger partial charge in [0.05, 0.1) is 18.0 Å². The van der Waals surface area contributed by atoms with Gasteiger partial charge in [-0.1, -0.05) is 12.1 Å². The van der Waals surface area contributed by atoms with E-state index in [1.54, 1.807) is 31.2 Å². The average Bonchev–Trinajstić information content (AvgIpc) is 2.61. The van der Waals surface area contributed by atoms with Gasteiger partial charge >= 0.3 is 0 Å². The molecule has 6 heteroatoms. The molecule has 0 aliphatic carbocycles. The molecule has 0 aromatic heterocycles. The van der Waals surface area contributed by atoms with Gasteiger partial charge in [-0.3, -0.25) is 9.59 Å². The van der Waals surface area contributed by atoms with Crippen molar-refractivity contribution in [2.75, 3.05) is 19.5 Å². The van der Waals surface area contributed by atoms with Crippen LogP contribution in [0.3, 0.4) is 0 Å². The number of fused-ring (bicyclic) bond motifs is 1. The predicted molar refractivity (Wildman–Crippen MR) is 99.2 cm³/mol. The highest BCUT2D eigenvalue weighted by Gasteiger charge is 2.24. The fourth-order valence-electron chi connectivity index (χ4n) is 2.68. The van der Waals surface area contributed by atoms with Crippen LogP contribution in [0.2, 0.25) is 0 Å². The van der Waals surface area contributed by atoms with Crippen molar-refractivity contribution in [2.45, 2.75) is 23.6 Å². The van der Waals surface area contributed by atoms with Gasteiger partial charge < -0.3 is 15.0 Å². The molecule has 3 rings (SSSR count).